The van der Waals surface area contributed by atoms with Crippen molar-refractivity contribution in [3.63, 3.8) is 0 Å². The smallest absolute Gasteiger partial charge is 0.338 e. The Hall–Kier alpha value is -2.61. The fourth-order valence-electron chi connectivity index (χ4n) is 1.87. The first-order valence-electron chi connectivity index (χ1n) is 6.57. The minimum absolute atomic E-state index is 0.174. The molecule has 0 bridgehead atoms. The van der Waals surface area contributed by atoms with Crippen LogP contribution in [0.25, 0.3) is 5.69 Å². The topological polar surface area (TPSA) is 82.8 Å². The lowest BCUT2D eigenvalue weighted by molar-refractivity contribution is 0.0472. The average Bonchev–Trinajstić information content (AvgIpc) is 3.16. The minimum Gasteiger partial charge on any atom is -0.455 e. The van der Waals surface area contributed by atoms with E-state index >= 15 is 0 Å². The van der Waals surface area contributed by atoms with E-state index in [-0.39, 0.29) is 6.61 Å². The summed E-state index contributed by atoms with van der Waals surface area (Å²) in [6, 6.07) is 6.93. The van der Waals surface area contributed by atoms with Gasteiger partial charge >= 0.3 is 5.97 Å². The van der Waals surface area contributed by atoms with Crippen molar-refractivity contribution in [1.82, 2.24) is 25.2 Å². The molecule has 0 amide bonds. The maximum atomic E-state index is 12.1. The van der Waals surface area contributed by atoms with E-state index < -0.39 is 5.97 Å². The molecule has 7 nitrogen and oxygen atoms in total. The van der Waals surface area contributed by atoms with Crippen LogP contribution in [0.15, 0.2) is 30.6 Å². The molecular formula is C14H13N5O2S. The van der Waals surface area contributed by atoms with Gasteiger partial charge in [-0.2, -0.15) is 0 Å². The molecule has 0 aliphatic heterocycles. The second-order valence-corrected chi connectivity index (χ2v) is 5.92. The molecule has 0 radical (unpaired) electrons. The van der Waals surface area contributed by atoms with Gasteiger partial charge in [0, 0.05) is 4.88 Å². The van der Waals surface area contributed by atoms with E-state index in [0.29, 0.717) is 11.3 Å². The van der Waals surface area contributed by atoms with Crippen LogP contribution >= 0.6 is 11.3 Å². The van der Waals surface area contributed by atoms with E-state index in [9.17, 15) is 4.79 Å². The molecule has 0 atom stereocenters. The molecule has 2 heterocycles. The van der Waals surface area contributed by atoms with E-state index in [2.05, 4.69) is 20.5 Å². The summed E-state index contributed by atoms with van der Waals surface area (Å²) in [6.45, 7) is 4.11. The molecule has 0 saturated heterocycles. The summed E-state index contributed by atoms with van der Waals surface area (Å²) in [5.74, 6) is -0.402. The number of carbonyl (C=O) groups excluding carboxylic acids is 1. The number of rotatable bonds is 4. The van der Waals surface area contributed by atoms with E-state index in [4.69, 9.17) is 4.74 Å². The number of tetrazole rings is 1. The van der Waals surface area contributed by atoms with Gasteiger partial charge in [0.05, 0.1) is 16.9 Å². The van der Waals surface area contributed by atoms with Crippen LogP contribution in [0.3, 0.4) is 0 Å². The largest absolute Gasteiger partial charge is 0.455 e. The summed E-state index contributed by atoms with van der Waals surface area (Å²) in [7, 11) is 0. The van der Waals surface area contributed by atoms with E-state index in [1.807, 2.05) is 13.8 Å². The Kier molecular flexibility index (Phi) is 3.92. The first kappa shape index (κ1) is 14.3. The van der Waals surface area contributed by atoms with Gasteiger partial charge in [0.1, 0.15) is 17.9 Å². The first-order chi connectivity index (χ1) is 10.6. The van der Waals surface area contributed by atoms with Gasteiger partial charge < -0.3 is 4.74 Å². The highest BCUT2D eigenvalue weighted by Gasteiger charge is 2.11. The van der Waals surface area contributed by atoms with E-state index in [1.54, 1.807) is 24.3 Å². The summed E-state index contributed by atoms with van der Waals surface area (Å²) in [6.07, 6.45) is 1.46. The zero-order valence-corrected chi connectivity index (χ0v) is 12.9. The number of ether oxygens (including phenoxy) is 1. The monoisotopic (exact) mass is 315 g/mol. The van der Waals surface area contributed by atoms with Crippen molar-refractivity contribution in [2.75, 3.05) is 0 Å². The molecule has 2 aromatic heterocycles. The predicted molar refractivity (Wildman–Crippen MR) is 79.9 cm³/mol. The number of hydrogen-bond donors (Lipinski definition) is 0. The molecule has 0 aliphatic carbocycles. The Labute approximate surface area is 130 Å². The van der Waals surface area contributed by atoms with E-state index in [0.717, 1.165) is 15.6 Å². The van der Waals surface area contributed by atoms with Crippen LogP contribution in [-0.4, -0.2) is 31.2 Å². The molecule has 3 aromatic rings. The summed E-state index contributed by atoms with van der Waals surface area (Å²) < 4.78 is 6.78. The molecule has 3 rings (SSSR count). The molecule has 0 saturated carbocycles. The maximum Gasteiger partial charge on any atom is 0.338 e. The zero-order chi connectivity index (χ0) is 15.5. The molecular weight excluding hydrogens is 302 g/mol. The number of aryl methyl sites for hydroxylation is 2. The van der Waals surface area contributed by atoms with Crippen molar-refractivity contribution in [3.8, 4) is 5.69 Å². The van der Waals surface area contributed by atoms with Crippen molar-refractivity contribution in [2.45, 2.75) is 20.5 Å². The van der Waals surface area contributed by atoms with Gasteiger partial charge in [-0.05, 0) is 42.5 Å². The van der Waals surface area contributed by atoms with Crippen molar-refractivity contribution >= 4 is 17.3 Å². The quantitative estimate of drug-likeness (QED) is 0.686. The van der Waals surface area contributed by atoms with Gasteiger partial charge in [0.25, 0.3) is 0 Å². The van der Waals surface area contributed by atoms with Gasteiger partial charge in [-0.1, -0.05) is 6.07 Å². The van der Waals surface area contributed by atoms with Crippen LogP contribution in [0.1, 0.15) is 25.9 Å². The Morgan fingerprint density at radius 2 is 2.23 bits per heavy atom. The van der Waals surface area contributed by atoms with Crippen LogP contribution in [-0.2, 0) is 11.3 Å². The summed E-state index contributed by atoms with van der Waals surface area (Å²) >= 11 is 1.53. The van der Waals surface area contributed by atoms with Crippen molar-refractivity contribution in [2.24, 2.45) is 0 Å². The molecule has 0 aliphatic rings. The Morgan fingerprint density at radius 3 is 2.91 bits per heavy atom. The fraction of sp³-hybridized carbons (Fsp3) is 0.214. The third-order valence-electron chi connectivity index (χ3n) is 3.09. The van der Waals surface area contributed by atoms with Gasteiger partial charge in [-0.15, -0.1) is 16.4 Å². The minimum atomic E-state index is -0.402. The highest BCUT2D eigenvalue weighted by molar-refractivity contribution is 7.11. The maximum absolute atomic E-state index is 12.1. The summed E-state index contributed by atoms with van der Waals surface area (Å²) in [5, 5.41) is 11.7. The third kappa shape index (κ3) is 3.01. The molecule has 0 unspecified atom stereocenters. The number of nitrogens with zero attached hydrogens (tertiary/aromatic N) is 5. The van der Waals surface area contributed by atoms with Crippen LogP contribution in [0, 0.1) is 13.8 Å². The number of aromatic nitrogens is 5. The van der Waals surface area contributed by atoms with Crippen molar-refractivity contribution in [1.29, 1.82) is 0 Å². The lowest BCUT2D eigenvalue weighted by Crippen LogP contribution is -2.06. The van der Waals surface area contributed by atoms with Crippen LogP contribution in [0.2, 0.25) is 0 Å². The lowest BCUT2D eigenvalue weighted by Gasteiger charge is -2.04. The Morgan fingerprint density at radius 1 is 1.36 bits per heavy atom. The third-order valence-corrected chi connectivity index (χ3v) is 4.14. The van der Waals surface area contributed by atoms with Crippen LogP contribution in [0.4, 0.5) is 0 Å². The SMILES string of the molecule is Cc1nc(COC(=O)c2cccc(-n3cnnn3)c2)sc1C. The van der Waals surface area contributed by atoms with Crippen molar-refractivity contribution in [3.05, 3.63) is 51.7 Å². The average molecular weight is 315 g/mol. The van der Waals surface area contributed by atoms with Gasteiger partial charge in [0.15, 0.2) is 0 Å². The molecule has 112 valence electrons. The normalized spacial score (nSPS) is 10.6. The predicted octanol–water partition coefficient (Wildman–Crippen LogP) is 2.09. The summed E-state index contributed by atoms with van der Waals surface area (Å²) in [5.41, 5.74) is 2.11. The number of esters is 1. The second kappa shape index (κ2) is 6.02. The molecule has 8 heteroatoms. The van der Waals surface area contributed by atoms with E-state index in [1.165, 1.54) is 22.3 Å². The summed E-state index contributed by atoms with van der Waals surface area (Å²) in [4.78, 5) is 17.6. The molecule has 22 heavy (non-hydrogen) atoms. The van der Waals surface area contributed by atoms with Gasteiger partial charge in [-0.25, -0.2) is 14.5 Å². The molecule has 0 fully saturated rings. The van der Waals surface area contributed by atoms with Crippen LogP contribution in [0.5, 0.6) is 0 Å². The van der Waals surface area contributed by atoms with Gasteiger partial charge in [-0.3, -0.25) is 0 Å². The fourth-order valence-corrected chi connectivity index (χ4v) is 2.71. The molecule has 0 spiro atoms. The Bertz CT molecular complexity index is 778. The van der Waals surface area contributed by atoms with Crippen LogP contribution < -0.4 is 0 Å². The van der Waals surface area contributed by atoms with Crippen molar-refractivity contribution < 1.29 is 9.53 Å². The number of carbonyl (C=O) groups is 1. The number of hydrogen-bond acceptors (Lipinski definition) is 7. The molecule has 0 N–H and O–H groups in total. The number of thiazole rings is 1. The number of benzene rings is 1. The standard InChI is InChI=1S/C14H13N5O2S/c1-9-10(2)22-13(16-9)7-21-14(20)11-4-3-5-12(6-11)19-8-15-17-18-19/h3-6,8H,7H2,1-2H3. The Balaban J connectivity index is 1.71. The molecule has 1 aromatic carbocycles. The highest BCUT2D eigenvalue weighted by Crippen LogP contribution is 2.18. The second-order valence-electron chi connectivity index (χ2n) is 4.63. The zero-order valence-electron chi connectivity index (χ0n) is 12.1. The lowest BCUT2D eigenvalue weighted by atomic mass is 10.2. The highest BCUT2D eigenvalue weighted by atomic mass is 32.1. The first-order valence-corrected chi connectivity index (χ1v) is 7.38. The van der Waals surface area contributed by atoms with Gasteiger partial charge in [0.2, 0.25) is 0 Å².